The molecule has 2 nitrogen and oxygen atoms in total. The number of benzene rings is 2. The summed E-state index contributed by atoms with van der Waals surface area (Å²) in [4.78, 5) is 11.7. The number of ether oxygens (including phenoxy) is 1. The molecular formula is C17H15FO2. The molecule has 0 bridgehead atoms. The molecule has 2 aromatic carbocycles. The van der Waals surface area contributed by atoms with E-state index in [1.165, 1.54) is 6.07 Å². The Morgan fingerprint density at radius 1 is 1.10 bits per heavy atom. The zero-order valence-electron chi connectivity index (χ0n) is 11.1. The molecule has 0 radical (unpaired) electrons. The number of fused-ring (bicyclic) bond motifs is 1. The largest absolute Gasteiger partial charge is 0.486 e. The average Bonchev–Trinajstić information content (AvgIpc) is 2.47. The normalized spacial score (nSPS) is 13.9. The number of carbonyl (C=O) groups is 1. The molecule has 2 aromatic rings. The van der Waals surface area contributed by atoms with Gasteiger partial charge in [0.1, 0.15) is 6.61 Å². The van der Waals surface area contributed by atoms with E-state index in [-0.39, 0.29) is 11.5 Å². The number of aryl methyl sites for hydroxylation is 1. The predicted molar refractivity (Wildman–Crippen MR) is 74.4 cm³/mol. The Balaban J connectivity index is 1.82. The van der Waals surface area contributed by atoms with E-state index in [0.29, 0.717) is 18.6 Å². The summed E-state index contributed by atoms with van der Waals surface area (Å²) in [5.74, 6) is -0.211. The summed E-state index contributed by atoms with van der Waals surface area (Å²) < 4.78 is 19.5. The van der Waals surface area contributed by atoms with Gasteiger partial charge >= 0.3 is 0 Å². The summed E-state index contributed by atoms with van der Waals surface area (Å²) in [6.07, 6.45) is 2.15. The number of rotatable bonds is 3. The van der Waals surface area contributed by atoms with Crippen molar-refractivity contribution in [3.63, 3.8) is 0 Å². The molecule has 0 atom stereocenters. The molecule has 3 heteroatoms. The van der Waals surface area contributed by atoms with E-state index in [9.17, 15) is 9.18 Å². The molecule has 0 fully saturated rings. The van der Waals surface area contributed by atoms with Gasteiger partial charge in [-0.05, 0) is 36.1 Å². The molecule has 0 spiro atoms. The molecule has 0 aliphatic heterocycles. The van der Waals surface area contributed by atoms with Crippen molar-refractivity contribution < 1.29 is 13.9 Å². The second-order valence-corrected chi connectivity index (χ2v) is 4.99. The van der Waals surface area contributed by atoms with Gasteiger partial charge in [0, 0.05) is 12.0 Å². The minimum Gasteiger partial charge on any atom is -0.486 e. The monoisotopic (exact) mass is 270 g/mol. The maximum absolute atomic E-state index is 14.0. The molecular weight excluding hydrogens is 255 g/mol. The maximum Gasteiger partial charge on any atom is 0.165 e. The lowest BCUT2D eigenvalue weighted by Crippen LogP contribution is -2.12. The van der Waals surface area contributed by atoms with Crippen LogP contribution in [-0.4, -0.2) is 5.78 Å². The maximum atomic E-state index is 14.0. The fourth-order valence-electron chi connectivity index (χ4n) is 2.48. The molecule has 0 saturated heterocycles. The first-order chi connectivity index (χ1) is 9.74. The second-order valence-electron chi connectivity index (χ2n) is 4.99. The van der Waals surface area contributed by atoms with Crippen molar-refractivity contribution in [2.45, 2.75) is 25.9 Å². The number of halogens is 1. The van der Waals surface area contributed by atoms with Crippen LogP contribution in [0.5, 0.6) is 5.75 Å². The minimum atomic E-state index is -0.463. The van der Waals surface area contributed by atoms with Crippen LogP contribution in [0.2, 0.25) is 0 Å². The first-order valence-electron chi connectivity index (χ1n) is 6.76. The molecule has 1 aliphatic rings. The Kier molecular flexibility index (Phi) is 3.50. The van der Waals surface area contributed by atoms with Gasteiger partial charge in [0.2, 0.25) is 0 Å². The van der Waals surface area contributed by atoms with Gasteiger partial charge in [-0.3, -0.25) is 4.79 Å². The van der Waals surface area contributed by atoms with Crippen molar-refractivity contribution in [2.75, 3.05) is 0 Å². The van der Waals surface area contributed by atoms with E-state index in [1.807, 2.05) is 30.3 Å². The zero-order chi connectivity index (χ0) is 13.9. The van der Waals surface area contributed by atoms with Crippen molar-refractivity contribution in [1.29, 1.82) is 0 Å². The molecule has 0 aromatic heterocycles. The van der Waals surface area contributed by atoms with Crippen molar-refractivity contribution >= 4 is 5.78 Å². The minimum absolute atomic E-state index is 0.0276. The Morgan fingerprint density at radius 2 is 1.90 bits per heavy atom. The molecule has 0 N–H and O–H groups in total. The SMILES string of the molecule is O=C1CCCc2cc(OCc3ccccc3)c(F)cc21. The highest BCUT2D eigenvalue weighted by molar-refractivity contribution is 5.98. The summed E-state index contributed by atoms with van der Waals surface area (Å²) in [5.41, 5.74) is 2.40. The van der Waals surface area contributed by atoms with E-state index in [4.69, 9.17) is 4.74 Å². The smallest absolute Gasteiger partial charge is 0.165 e. The Morgan fingerprint density at radius 3 is 2.70 bits per heavy atom. The molecule has 102 valence electrons. The van der Waals surface area contributed by atoms with Gasteiger partial charge in [0.05, 0.1) is 0 Å². The lowest BCUT2D eigenvalue weighted by molar-refractivity contribution is 0.0972. The zero-order valence-corrected chi connectivity index (χ0v) is 11.1. The number of carbonyl (C=O) groups excluding carboxylic acids is 1. The van der Waals surface area contributed by atoms with Crippen LogP contribution in [0, 0.1) is 5.82 Å². The van der Waals surface area contributed by atoms with E-state index in [2.05, 4.69) is 0 Å². The number of hydrogen-bond acceptors (Lipinski definition) is 2. The van der Waals surface area contributed by atoms with Crippen LogP contribution in [0.3, 0.4) is 0 Å². The molecule has 0 unspecified atom stereocenters. The Bertz CT molecular complexity index is 635. The third-order valence-corrected chi connectivity index (χ3v) is 3.55. The van der Waals surface area contributed by atoms with E-state index < -0.39 is 5.82 Å². The van der Waals surface area contributed by atoms with Gasteiger partial charge in [-0.15, -0.1) is 0 Å². The molecule has 0 amide bonds. The summed E-state index contributed by atoms with van der Waals surface area (Å²) in [5, 5.41) is 0. The van der Waals surface area contributed by atoms with E-state index >= 15 is 0 Å². The third-order valence-electron chi connectivity index (χ3n) is 3.55. The lowest BCUT2D eigenvalue weighted by atomic mass is 9.90. The third kappa shape index (κ3) is 2.57. The van der Waals surface area contributed by atoms with Crippen LogP contribution in [0.1, 0.15) is 34.3 Å². The molecule has 1 aliphatic carbocycles. The van der Waals surface area contributed by atoms with E-state index in [0.717, 1.165) is 24.0 Å². The van der Waals surface area contributed by atoms with Gasteiger partial charge in [0.15, 0.2) is 17.3 Å². The quantitative estimate of drug-likeness (QED) is 0.844. The molecule has 0 saturated carbocycles. The van der Waals surface area contributed by atoms with Gasteiger partial charge in [0.25, 0.3) is 0 Å². The van der Waals surface area contributed by atoms with Crippen LogP contribution in [0.4, 0.5) is 4.39 Å². The first kappa shape index (κ1) is 12.9. The summed E-state index contributed by atoms with van der Waals surface area (Å²) in [6.45, 7) is 0.324. The van der Waals surface area contributed by atoms with Crippen molar-refractivity contribution in [2.24, 2.45) is 0 Å². The van der Waals surface area contributed by atoms with Gasteiger partial charge in [-0.25, -0.2) is 4.39 Å². The number of ketones is 1. The summed E-state index contributed by atoms with van der Waals surface area (Å²) in [7, 11) is 0. The van der Waals surface area contributed by atoms with Crippen LogP contribution >= 0.6 is 0 Å². The Labute approximate surface area is 117 Å². The highest BCUT2D eigenvalue weighted by atomic mass is 19.1. The van der Waals surface area contributed by atoms with E-state index in [1.54, 1.807) is 6.07 Å². The van der Waals surface area contributed by atoms with Crippen LogP contribution in [0.15, 0.2) is 42.5 Å². The lowest BCUT2D eigenvalue weighted by Gasteiger charge is -2.16. The van der Waals surface area contributed by atoms with Gasteiger partial charge in [-0.2, -0.15) is 0 Å². The summed E-state index contributed by atoms with van der Waals surface area (Å²) in [6, 6.07) is 12.6. The standard InChI is InChI=1S/C17H15FO2/c18-15-10-14-13(7-4-8-16(14)19)9-17(15)20-11-12-5-2-1-3-6-12/h1-3,5-6,9-10H,4,7-8,11H2. The first-order valence-corrected chi connectivity index (χ1v) is 6.76. The number of hydrogen-bond donors (Lipinski definition) is 0. The average molecular weight is 270 g/mol. The highest BCUT2D eigenvalue weighted by Gasteiger charge is 2.20. The molecule has 0 heterocycles. The predicted octanol–water partition coefficient (Wildman–Crippen LogP) is 3.92. The van der Waals surface area contributed by atoms with Gasteiger partial charge < -0.3 is 4.74 Å². The fourth-order valence-corrected chi connectivity index (χ4v) is 2.48. The van der Waals surface area contributed by atoms with Crippen molar-refractivity contribution in [3.8, 4) is 5.75 Å². The molecule has 20 heavy (non-hydrogen) atoms. The topological polar surface area (TPSA) is 26.3 Å². The van der Waals surface area contributed by atoms with Gasteiger partial charge in [-0.1, -0.05) is 30.3 Å². The van der Waals surface area contributed by atoms with Crippen LogP contribution in [0.25, 0.3) is 0 Å². The Hall–Kier alpha value is -2.16. The number of Topliss-reactive ketones (excluding diaryl/α,β-unsaturated/α-hetero) is 1. The highest BCUT2D eigenvalue weighted by Crippen LogP contribution is 2.28. The van der Waals surface area contributed by atoms with Crippen molar-refractivity contribution in [3.05, 3.63) is 65.0 Å². The van der Waals surface area contributed by atoms with Crippen molar-refractivity contribution in [1.82, 2.24) is 0 Å². The molecule has 3 rings (SSSR count). The summed E-state index contributed by atoms with van der Waals surface area (Å²) >= 11 is 0. The van der Waals surface area contributed by atoms with Crippen LogP contribution < -0.4 is 4.74 Å². The van der Waals surface area contributed by atoms with Crippen LogP contribution in [-0.2, 0) is 13.0 Å². The second kappa shape index (κ2) is 5.45. The fraction of sp³-hybridized carbons (Fsp3) is 0.235.